The number of hydrogen-bond donors (Lipinski definition) is 0. The molecule has 0 unspecified atom stereocenters. The van der Waals surface area contributed by atoms with Gasteiger partial charge in [0.2, 0.25) is 0 Å². The van der Waals surface area contributed by atoms with Crippen LogP contribution in [0.4, 0.5) is 0 Å². The first-order valence-electron chi connectivity index (χ1n) is 7.17. The molecule has 1 fully saturated rings. The van der Waals surface area contributed by atoms with Crippen LogP contribution in [0, 0.1) is 6.92 Å². The highest BCUT2D eigenvalue weighted by Crippen LogP contribution is 2.24. The third-order valence-corrected chi connectivity index (χ3v) is 4.01. The quantitative estimate of drug-likeness (QED) is 0.842. The van der Waals surface area contributed by atoms with Crippen molar-refractivity contribution < 1.29 is 4.74 Å². The van der Waals surface area contributed by atoms with Crippen LogP contribution in [0.2, 0.25) is 0 Å². The summed E-state index contributed by atoms with van der Waals surface area (Å²) in [4.78, 5) is 2.49. The van der Waals surface area contributed by atoms with E-state index in [2.05, 4.69) is 47.6 Å². The lowest BCUT2D eigenvalue weighted by Gasteiger charge is -2.27. The number of benzene rings is 1. The Morgan fingerprint density at radius 3 is 2.74 bits per heavy atom. The van der Waals surface area contributed by atoms with Crippen LogP contribution in [0.5, 0.6) is 0 Å². The van der Waals surface area contributed by atoms with E-state index in [0.717, 1.165) is 39.4 Å². The van der Waals surface area contributed by atoms with Crippen molar-refractivity contribution in [3.63, 3.8) is 0 Å². The fourth-order valence-electron chi connectivity index (χ4n) is 3.05. The van der Waals surface area contributed by atoms with Gasteiger partial charge in [0, 0.05) is 37.3 Å². The molecule has 0 atom stereocenters. The summed E-state index contributed by atoms with van der Waals surface area (Å²) in [5.74, 6) is 0. The highest BCUT2D eigenvalue weighted by Gasteiger charge is 2.15. The van der Waals surface area contributed by atoms with E-state index in [9.17, 15) is 0 Å². The van der Waals surface area contributed by atoms with Gasteiger partial charge in [-0.3, -0.25) is 4.90 Å². The van der Waals surface area contributed by atoms with Crippen molar-refractivity contribution >= 4 is 10.9 Å². The van der Waals surface area contributed by atoms with E-state index in [1.54, 1.807) is 0 Å². The van der Waals surface area contributed by atoms with Crippen molar-refractivity contribution in [2.45, 2.75) is 26.9 Å². The molecule has 0 aliphatic carbocycles. The zero-order valence-corrected chi connectivity index (χ0v) is 11.9. The average Bonchev–Trinajstić information content (AvgIpc) is 2.78. The zero-order chi connectivity index (χ0) is 13.2. The molecule has 0 bridgehead atoms. The maximum Gasteiger partial charge on any atom is 0.0594 e. The molecule has 1 aliphatic heterocycles. The number of nitrogens with zero attached hydrogens (tertiary/aromatic N) is 2. The Morgan fingerprint density at radius 2 is 2.00 bits per heavy atom. The summed E-state index contributed by atoms with van der Waals surface area (Å²) in [5.41, 5.74) is 4.19. The second kappa shape index (κ2) is 5.35. The zero-order valence-electron chi connectivity index (χ0n) is 11.9. The molecule has 102 valence electrons. The van der Waals surface area contributed by atoms with Crippen LogP contribution in [0.3, 0.4) is 0 Å². The molecule has 0 saturated carbocycles. The Labute approximate surface area is 114 Å². The number of hydrogen-bond acceptors (Lipinski definition) is 2. The lowest BCUT2D eigenvalue weighted by atomic mass is 10.2. The second-order valence-electron chi connectivity index (χ2n) is 5.28. The fourth-order valence-corrected chi connectivity index (χ4v) is 3.05. The molecule has 3 rings (SSSR count). The minimum absolute atomic E-state index is 0.866. The Hall–Kier alpha value is -1.32. The van der Waals surface area contributed by atoms with Crippen molar-refractivity contribution in [2.75, 3.05) is 26.3 Å². The Balaban J connectivity index is 1.96. The third-order valence-electron chi connectivity index (χ3n) is 4.01. The molecule has 3 heteroatoms. The van der Waals surface area contributed by atoms with Gasteiger partial charge in [0.1, 0.15) is 0 Å². The molecule has 19 heavy (non-hydrogen) atoms. The van der Waals surface area contributed by atoms with Gasteiger partial charge in [0.05, 0.1) is 18.7 Å². The topological polar surface area (TPSA) is 17.4 Å². The predicted molar refractivity (Wildman–Crippen MR) is 78.4 cm³/mol. The van der Waals surface area contributed by atoms with Crippen molar-refractivity contribution in [1.82, 2.24) is 9.47 Å². The number of fused-ring (bicyclic) bond motifs is 1. The van der Waals surface area contributed by atoms with Crippen molar-refractivity contribution in [1.29, 1.82) is 0 Å². The summed E-state index contributed by atoms with van der Waals surface area (Å²) in [7, 11) is 0. The van der Waals surface area contributed by atoms with Crippen LogP contribution in [0.1, 0.15) is 18.2 Å². The van der Waals surface area contributed by atoms with Gasteiger partial charge in [-0.05, 0) is 25.5 Å². The highest BCUT2D eigenvalue weighted by atomic mass is 16.5. The molecule has 0 radical (unpaired) electrons. The maximum atomic E-state index is 5.42. The van der Waals surface area contributed by atoms with Crippen molar-refractivity contribution in [3.05, 3.63) is 35.5 Å². The van der Waals surface area contributed by atoms with Crippen molar-refractivity contribution in [2.24, 2.45) is 0 Å². The van der Waals surface area contributed by atoms with Gasteiger partial charge in [0.15, 0.2) is 0 Å². The van der Waals surface area contributed by atoms with Crippen LogP contribution in [0.15, 0.2) is 24.3 Å². The van der Waals surface area contributed by atoms with Crippen LogP contribution >= 0.6 is 0 Å². The summed E-state index contributed by atoms with van der Waals surface area (Å²) < 4.78 is 7.88. The van der Waals surface area contributed by atoms with Gasteiger partial charge in [-0.2, -0.15) is 0 Å². The maximum absolute atomic E-state index is 5.42. The van der Waals surface area contributed by atoms with E-state index < -0.39 is 0 Å². The minimum atomic E-state index is 0.866. The predicted octanol–water partition coefficient (Wildman–Crippen LogP) is 2.80. The molecule has 1 aliphatic rings. The van der Waals surface area contributed by atoms with Crippen LogP contribution in [0.25, 0.3) is 10.9 Å². The van der Waals surface area contributed by atoms with Gasteiger partial charge < -0.3 is 9.30 Å². The molecular weight excluding hydrogens is 236 g/mol. The Morgan fingerprint density at radius 1 is 1.21 bits per heavy atom. The molecule has 1 saturated heterocycles. The molecule has 1 aromatic carbocycles. The second-order valence-corrected chi connectivity index (χ2v) is 5.28. The SMILES string of the molecule is CCn1c(CN2CCOCC2)cc2cccc(C)c21. The molecule has 1 aromatic heterocycles. The molecule has 0 N–H and O–H groups in total. The Bertz CT molecular complexity index is 567. The van der Waals surface area contributed by atoms with E-state index in [-0.39, 0.29) is 0 Å². The summed E-state index contributed by atoms with van der Waals surface area (Å²) in [6.07, 6.45) is 0. The van der Waals surface area contributed by atoms with E-state index in [1.807, 2.05) is 0 Å². The monoisotopic (exact) mass is 258 g/mol. The lowest BCUT2D eigenvalue weighted by molar-refractivity contribution is 0.0332. The Kier molecular flexibility index (Phi) is 3.58. The first-order chi connectivity index (χ1) is 9.29. The standard InChI is InChI=1S/C16H22N2O/c1-3-18-15(12-17-7-9-19-10-8-17)11-14-6-4-5-13(2)16(14)18/h4-6,11H,3,7-10,12H2,1-2H3. The third kappa shape index (κ3) is 2.40. The number of aryl methyl sites for hydroxylation is 2. The number of morpholine rings is 1. The van der Waals surface area contributed by atoms with E-state index >= 15 is 0 Å². The van der Waals surface area contributed by atoms with Gasteiger partial charge >= 0.3 is 0 Å². The highest BCUT2D eigenvalue weighted by molar-refractivity contribution is 5.84. The summed E-state index contributed by atoms with van der Waals surface area (Å²) in [5, 5.41) is 1.37. The molecular formula is C16H22N2O. The van der Waals surface area contributed by atoms with Crippen LogP contribution in [-0.4, -0.2) is 35.8 Å². The van der Waals surface area contributed by atoms with Crippen LogP contribution in [-0.2, 0) is 17.8 Å². The largest absolute Gasteiger partial charge is 0.379 e. The average molecular weight is 258 g/mol. The molecule has 2 heterocycles. The number of rotatable bonds is 3. The smallest absolute Gasteiger partial charge is 0.0594 e. The molecule has 0 amide bonds. The number of para-hydroxylation sites is 1. The van der Waals surface area contributed by atoms with Gasteiger partial charge in [-0.15, -0.1) is 0 Å². The first kappa shape index (κ1) is 12.7. The van der Waals surface area contributed by atoms with E-state index in [0.29, 0.717) is 0 Å². The fraction of sp³-hybridized carbons (Fsp3) is 0.500. The minimum Gasteiger partial charge on any atom is -0.379 e. The van der Waals surface area contributed by atoms with E-state index in [4.69, 9.17) is 4.74 Å². The lowest BCUT2D eigenvalue weighted by Crippen LogP contribution is -2.36. The molecule has 2 aromatic rings. The van der Waals surface area contributed by atoms with E-state index in [1.165, 1.54) is 22.2 Å². The molecule has 0 spiro atoms. The molecule has 3 nitrogen and oxygen atoms in total. The summed E-state index contributed by atoms with van der Waals surface area (Å²) in [6, 6.07) is 8.92. The van der Waals surface area contributed by atoms with Gasteiger partial charge in [-0.1, -0.05) is 18.2 Å². The number of ether oxygens (including phenoxy) is 1. The number of aromatic nitrogens is 1. The van der Waals surface area contributed by atoms with Crippen LogP contribution < -0.4 is 0 Å². The first-order valence-corrected chi connectivity index (χ1v) is 7.17. The van der Waals surface area contributed by atoms with Crippen molar-refractivity contribution in [3.8, 4) is 0 Å². The summed E-state index contributed by atoms with van der Waals surface area (Å²) in [6.45, 7) is 10.3. The normalized spacial score (nSPS) is 17.2. The van der Waals surface area contributed by atoms with Gasteiger partial charge in [0.25, 0.3) is 0 Å². The van der Waals surface area contributed by atoms with Gasteiger partial charge in [-0.25, -0.2) is 0 Å². The summed E-state index contributed by atoms with van der Waals surface area (Å²) >= 11 is 0.